The molecule has 0 N–H and O–H groups in total. The van der Waals surface area contributed by atoms with E-state index in [1.165, 1.54) is 27.8 Å². The van der Waals surface area contributed by atoms with Crippen molar-refractivity contribution in [2.45, 2.75) is 59.0 Å². The van der Waals surface area contributed by atoms with Crippen LogP contribution in [0.4, 0.5) is 5.69 Å². The Morgan fingerprint density at radius 3 is 2.67 bits per heavy atom. The second kappa shape index (κ2) is 11.0. The molecule has 238 valence electrons. The Labute approximate surface area is 281 Å². The molecule has 6 heteroatoms. The normalized spacial score (nSPS) is 25.0. The van der Waals surface area contributed by atoms with Gasteiger partial charge in [-0.15, -0.1) is 6.58 Å². The highest BCUT2D eigenvalue weighted by Crippen LogP contribution is 2.45. The van der Waals surface area contributed by atoms with E-state index in [0.29, 0.717) is 17.9 Å². The molecule has 2 aliphatic carbocycles. The van der Waals surface area contributed by atoms with Gasteiger partial charge in [0.25, 0.3) is 0 Å². The first kappa shape index (κ1) is 29.1. The molecule has 6 heterocycles. The van der Waals surface area contributed by atoms with Crippen molar-refractivity contribution in [3.05, 3.63) is 125 Å². The molecule has 2 bridgehead atoms. The highest BCUT2D eigenvalue weighted by Gasteiger charge is 2.42. The average molecular weight is 629 g/mol. The summed E-state index contributed by atoms with van der Waals surface area (Å²) in [6.07, 6.45) is 18.1. The van der Waals surface area contributed by atoms with E-state index in [1.54, 1.807) is 0 Å². The predicted octanol–water partition coefficient (Wildman–Crippen LogP) is 9.18. The summed E-state index contributed by atoms with van der Waals surface area (Å²) in [6.45, 7) is 13.5. The zero-order valence-corrected chi connectivity index (χ0v) is 28.1. The number of nitrogens with zero attached hydrogens (tertiary/aromatic N) is 6. The number of aromatic nitrogens is 4. The fraction of sp³-hybridized carbons (Fsp3) is 0.286. The maximum absolute atomic E-state index is 5.41. The van der Waals surface area contributed by atoms with E-state index in [1.807, 2.05) is 24.5 Å². The first-order chi connectivity index (χ1) is 23.4. The van der Waals surface area contributed by atoms with Crippen LogP contribution in [-0.2, 0) is 6.42 Å². The van der Waals surface area contributed by atoms with Gasteiger partial charge in [-0.05, 0) is 97.7 Å². The molecule has 2 unspecified atom stereocenters. The minimum absolute atomic E-state index is 0.187. The van der Waals surface area contributed by atoms with E-state index in [4.69, 9.17) is 19.9 Å². The van der Waals surface area contributed by atoms with Crippen molar-refractivity contribution in [2.75, 3.05) is 4.90 Å². The van der Waals surface area contributed by atoms with Crippen LogP contribution in [0.1, 0.15) is 57.4 Å². The second-order valence-electron chi connectivity index (χ2n) is 14.1. The molecule has 0 spiro atoms. The molecular weight excluding hydrogens is 589 g/mol. The summed E-state index contributed by atoms with van der Waals surface area (Å²) in [7, 11) is 0. The van der Waals surface area contributed by atoms with Gasteiger partial charge < -0.3 is 4.90 Å². The van der Waals surface area contributed by atoms with Crippen molar-refractivity contribution < 1.29 is 0 Å². The van der Waals surface area contributed by atoms with Crippen molar-refractivity contribution in [2.24, 2.45) is 22.7 Å². The lowest BCUT2D eigenvalue weighted by Gasteiger charge is -2.46. The summed E-state index contributed by atoms with van der Waals surface area (Å²) in [5.41, 5.74) is 14.8. The van der Waals surface area contributed by atoms with Crippen molar-refractivity contribution in [3.8, 4) is 0 Å². The van der Waals surface area contributed by atoms with Crippen molar-refractivity contribution >= 4 is 50.9 Å². The molecule has 4 aromatic heterocycles. The molecule has 0 saturated carbocycles. The fourth-order valence-electron chi connectivity index (χ4n) is 8.68. The summed E-state index contributed by atoms with van der Waals surface area (Å²) >= 11 is 0. The summed E-state index contributed by atoms with van der Waals surface area (Å²) in [4.78, 5) is 23.1. The molecule has 0 fully saturated rings. The molecule has 5 aromatic rings. The van der Waals surface area contributed by atoms with Crippen LogP contribution in [0.5, 0.6) is 0 Å². The monoisotopic (exact) mass is 628 g/mol. The van der Waals surface area contributed by atoms with Crippen LogP contribution in [0.3, 0.4) is 0 Å². The van der Waals surface area contributed by atoms with Gasteiger partial charge in [-0.2, -0.15) is 0 Å². The number of imidazole rings is 1. The number of pyridine rings is 3. The van der Waals surface area contributed by atoms with Crippen LogP contribution < -0.4 is 4.90 Å². The molecule has 6 nitrogen and oxygen atoms in total. The number of hydrogen-bond donors (Lipinski definition) is 0. The van der Waals surface area contributed by atoms with Crippen LogP contribution >= 0.6 is 0 Å². The molecule has 4 aliphatic rings. The van der Waals surface area contributed by atoms with Crippen molar-refractivity contribution in [1.82, 2.24) is 19.4 Å². The van der Waals surface area contributed by atoms with Gasteiger partial charge in [0.1, 0.15) is 11.5 Å². The number of rotatable bonds is 4. The SMILES string of the molecule is C=CC/C(=C\C1=C(C)C2=N[C@@H]3C=CC(C)CC([C@@H]3C)N2c2cccnc21)C1=Cc2c(c3nc4ccccc4n3c3cccnc23)C[C@@H]1C. The summed E-state index contributed by atoms with van der Waals surface area (Å²) < 4.78 is 2.30. The topological polar surface area (TPSA) is 58.7 Å². The Hall–Kier alpha value is -5.10. The second-order valence-corrected chi connectivity index (χ2v) is 14.1. The third-order valence-corrected chi connectivity index (χ3v) is 11.1. The Balaban J connectivity index is 1.25. The van der Waals surface area contributed by atoms with Crippen LogP contribution in [-0.4, -0.2) is 37.3 Å². The number of amidine groups is 1. The smallest absolute Gasteiger partial charge is 0.142 e. The van der Waals surface area contributed by atoms with E-state index in [0.717, 1.165) is 69.8 Å². The minimum atomic E-state index is 0.187. The van der Waals surface area contributed by atoms with Crippen LogP contribution in [0.2, 0.25) is 0 Å². The minimum Gasteiger partial charge on any atom is -0.321 e. The highest BCUT2D eigenvalue weighted by molar-refractivity contribution is 6.19. The number of allylic oxidation sites excluding steroid dienone is 6. The van der Waals surface area contributed by atoms with Gasteiger partial charge in [0.05, 0.1) is 39.5 Å². The number of benzene rings is 1. The summed E-state index contributed by atoms with van der Waals surface area (Å²) in [6, 6.07) is 17.5. The van der Waals surface area contributed by atoms with Gasteiger partial charge >= 0.3 is 0 Å². The molecule has 5 atom stereocenters. The Bertz CT molecular complexity index is 2330. The van der Waals surface area contributed by atoms with Crippen LogP contribution in [0, 0.1) is 17.8 Å². The highest BCUT2D eigenvalue weighted by atomic mass is 15.3. The first-order valence-electron chi connectivity index (χ1n) is 17.3. The summed E-state index contributed by atoms with van der Waals surface area (Å²) in [5, 5.41) is 0. The molecule has 48 heavy (non-hydrogen) atoms. The molecule has 0 radical (unpaired) electrons. The van der Waals surface area contributed by atoms with Gasteiger partial charge in [0.15, 0.2) is 0 Å². The first-order valence-corrected chi connectivity index (χ1v) is 17.3. The lowest BCUT2D eigenvalue weighted by molar-refractivity contribution is 0.372. The Kier molecular flexibility index (Phi) is 6.65. The maximum atomic E-state index is 5.41. The van der Waals surface area contributed by atoms with E-state index in [9.17, 15) is 0 Å². The van der Waals surface area contributed by atoms with E-state index < -0.39 is 0 Å². The molecule has 1 aromatic carbocycles. The standard InChI is InChI=1S/C42H40N6/c1-6-11-28(22-30-26(4)41-45-33-17-16-24(2)20-38(27(33)5)48(41)36-14-9-18-43-39(30)36)29-23-31-32(21-25(29)3)42-46-34-12-7-8-13-35(34)47(42)37-15-10-19-44-40(31)37/h6-10,12-19,22-25,27,33,38H,1,11,20-21H2,2-5H3/b28-22+/t24?,25-,27+,33+,38?/m0/s1. The molecule has 0 saturated heterocycles. The number of para-hydroxylation sites is 2. The number of fused-ring (bicyclic) bond motifs is 14. The largest absolute Gasteiger partial charge is 0.321 e. The number of anilines is 1. The van der Waals surface area contributed by atoms with Gasteiger partial charge in [-0.25, -0.2) is 4.98 Å². The zero-order valence-electron chi connectivity index (χ0n) is 28.1. The summed E-state index contributed by atoms with van der Waals surface area (Å²) in [5.74, 6) is 2.31. The van der Waals surface area contributed by atoms with Gasteiger partial charge in [-0.1, -0.05) is 51.1 Å². The molecule has 9 rings (SSSR count). The van der Waals surface area contributed by atoms with Gasteiger partial charge in [0, 0.05) is 46.6 Å². The van der Waals surface area contributed by atoms with Crippen molar-refractivity contribution in [1.29, 1.82) is 0 Å². The van der Waals surface area contributed by atoms with E-state index >= 15 is 0 Å². The lowest BCUT2D eigenvalue weighted by atomic mass is 9.79. The number of aliphatic imine (C=N–C) groups is 1. The quantitative estimate of drug-likeness (QED) is 0.186. The van der Waals surface area contributed by atoms with E-state index in [-0.39, 0.29) is 12.0 Å². The van der Waals surface area contributed by atoms with Gasteiger partial charge in [0.2, 0.25) is 0 Å². The zero-order chi connectivity index (χ0) is 32.7. The Morgan fingerprint density at radius 1 is 0.979 bits per heavy atom. The van der Waals surface area contributed by atoms with Crippen LogP contribution in [0.25, 0.3) is 39.4 Å². The fourth-order valence-corrected chi connectivity index (χ4v) is 8.68. The van der Waals surface area contributed by atoms with Crippen LogP contribution in [0.15, 0.2) is 114 Å². The lowest BCUT2D eigenvalue weighted by Crippen LogP contribution is -2.53. The Morgan fingerprint density at radius 2 is 1.79 bits per heavy atom. The van der Waals surface area contributed by atoms with Gasteiger partial charge in [-0.3, -0.25) is 19.4 Å². The van der Waals surface area contributed by atoms with E-state index in [2.05, 4.69) is 110 Å². The predicted molar refractivity (Wildman–Crippen MR) is 198 cm³/mol. The molecule has 2 aliphatic heterocycles. The third-order valence-electron chi connectivity index (χ3n) is 11.1. The maximum Gasteiger partial charge on any atom is 0.142 e. The third kappa shape index (κ3) is 4.24. The molecular formula is C42H40N6. The molecule has 0 amide bonds. The number of hydrogen-bond acceptors (Lipinski definition) is 5. The van der Waals surface area contributed by atoms with Crippen molar-refractivity contribution in [3.63, 3.8) is 0 Å². The average Bonchev–Trinajstić information content (AvgIpc) is 3.47.